The summed E-state index contributed by atoms with van der Waals surface area (Å²) < 4.78 is 17.0. The number of benzene rings is 3. The molecule has 2 aliphatic rings. The van der Waals surface area contributed by atoms with Crippen molar-refractivity contribution in [2.24, 2.45) is 5.92 Å². The van der Waals surface area contributed by atoms with Crippen LogP contribution in [-0.4, -0.2) is 50.3 Å². The van der Waals surface area contributed by atoms with Crippen molar-refractivity contribution in [3.8, 4) is 23.0 Å². The Hall–Kier alpha value is -5.25. The molecule has 0 radical (unpaired) electrons. The normalized spacial score (nSPS) is 17.7. The van der Waals surface area contributed by atoms with Crippen molar-refractivity contribution in [3.63, 3.8) is 0 Å². The van der Waals surface area contributed by atoms with Gasteiger partial charge in [-0.2, -0.15) is 0 Å². The largest absolute Gasteiger partial charge is 0.493 e. The second kappa shape index (κ2) is 14.2. The molecule has 3 aromatic carbocycles. The van der Waals surface area contributed by atoms with E-state index in [4.69, 9.17) is 14.2 Å². The molecule has 10 heteroatoms. The zero-order valence-electron chi connectivity index (χ0n) is 26.1. The first-order valence-corrected chi connectivity index (χ1v) is 15.7. The summed E-state index contributed by atoms with van der Waals surface area (Å²) in [4.78, 5) is 32.3. The minimum absolute atomic E-state index is 0.0864. The molecule has 2 unspecified atom stereocenters. The molecule has 238 valence electrons. The van der Waals surface area contributed by atoms with Crippen LogP contribution < -0.4 is 35.1 Å². The van der Waals surface area contributed by atoms with E-state index in [1.165, 1.54) is 0 Å². The third-order valence-electron chi connectivity index (χ3n) is 8.42. The molecular weight excluding hydrogens is 582 g/mol. The predicted octanol–water partition coefficient (Wildman–Crippen LogP) is 7.13. The molecule has 4 aromatic rings. The second-order valence-corrected chi connectivity index (χ2v) is 11.6. The molecule has 3 N–H and O–H groups in total. The maximum Gasteiger partial charge on any atom is 0.323 e. The van der Waals surface area contributed by atoms with Gasteiger partial charge in [0.1, 0.15) is 11.5 Å². The van der Waals surface area contributed by atoms with Gasteiger partial charge in [0.2, 0.25) is 5.91 Å². The van der Waals surface area contributed by atoms with Crippen molar-refractivity contribution >= 4 is 39.9 Å². The zero-order chi connectivity index (χ0) is 31.9. The van der Waals surface area contributed by atoms with Gasteiger partial charge in [0.05, 0.1) is 19.7 Å². The average Bonchev–Trinajstić information content (AvgIpc) is 3.08. The van der Waals surface area contributed by atoms with Gasteiger partial charge in [0.25, 0.3) is 0 Å². The van der Waals surface area contributed by atoms with Crippen LogP contribution in [0.4, 0.5) is 21.9 Å². The second-order valence-electron chi connectivity index (χ2n) is 11.6. The molecule has 2 atom stereocenters. The van der Waals surface area contributed by atoms with Crippen LogP contribution in [0.3, 0.4) is 0 Å². The number of allylic oxidation sites excluding steroid dienone is 2. The molecule has 46 heavy (non-hydrogen) atoms. The fourth-order valence-corrected chi connectivity index (χ4v) is 6.03. The Labute approximate surface area is 268 Å². The van der Waals surface area contributed by atoms with Crippen LogP contribution in [0.1, 0.15) is 32.1 Å². The summed E-state index contributed by atoms with van der Waals surface area (Å²) in [6.45, 7) is 1.71. The molecule has 1 saturated heterocycles. The van der Waals surface area contributed by atoms with E-state index in [1.807, 2.05) is 42.5 Å². The van der Waals surface area contributed by atoms with Crippen LogP contribution in [-0.2, 0) is 4.79 Å². The fraction of sp³-hybridized carbons (Fsp3) is 0.306. The maximum atomic E-state index is 12.9. The number of carbonyl (C=O) groups excluding carboxylic acids is 2. The number of carbonyl (C=O) groups is 2. The first-order valence-electron chi connectivity index (χ1n) is 15.7. The SMILES string of the molecule is COc1cc2nccc(Oc3cccc(NC(=O)Nc4ccc(N5CCCC(NC(=O)C6CC=CCC6)C5)cc4)c3)c2cc1OC. The lowest BCUT2D eigenvalue weighted by atomic mass is 9.93. The van der Waals surface area contributed by atoms with Crippen LogP contribution in [0.15, 0.2) is 85.1 Å². The van der Waals surface area contributed by atoms with Crippen LogP contribution in [0, 0.1) is 5.92 Å². The maximum absolute atomic E-state index is 12.9. The van der Waals surface area contributed by atoms with Gasteiger partial charge in [-0.25, -0.2) is 4.79 Å². The molecule has 10 nitrogen and oxygen atoms in total. The molecule has 1 aliphatic heterocycles. The summed E-state index contributed by atoms with van der Waals surface area (Å²) in [5.74, 6) is 2.56. The lowest BCUT2D eigenvalue weighted by molar-refractivity contribution is -0.126. The van der Waals surface area contributed by atoms with Gasteiger partial charge in [-0.15, -0.1) is 0 Å². The molecule has 1 aromatic heterocycles. The molecule has 0 saturated carbocycles. The Balaban J connectivity index is 1.04. The summed E-state index contributed by atoms with van der Waals surface area (Å²) in [5.41, 5.74) is 3.02. The van der Waals surface area contributed by atoms with Crippen LogP contribution in [0.2, 0.25) is 0 Å². The third-order valence-corrected chi connectivity index (χ3v) is 8.42. The number of aromatic nitrogens is 1. The van der Waals surface area contributed by atoms with E-state index in [2.05, 4.69) is 38.0 Å². The highest BCUT2D eigenvalue weighted by molar-refractivity contribution is 6.00. The first-order chi connectivity index (χ1) is 22.5. The first kappa shape index (κ1) is 30.8. The molecule has 2 heterocycles. The summed E-state index contributed by atoms with van der Waals surface area (Å²) in [6.07, 6.45) is 10.7. The van der Waals surface area contributed by atoms with Crippen LogP contribution >= 0.6 is 0 Å². The van der Waals surface area contributed by atoms with Crippen molar-refractivity contribution in [1.29, 1.82) is 0 Å². The van der Waals surface area contributed by atoms with E-state index in [9.17, 15) is 9.59 Å². The van der Waals surface area contributed by atoms with Crippen LogP contribution in [0.25, 0.3) is 10.9 Å². The smallest absolute Gasteiger partial charge is 0.323 e. The third kappa shape index (κ3) is 7.34. The van der Waals surface area contributed by atoms with E-state index >= 15 is 0 Å². The van der Waals surface area contributed by atoms with Crippen molar-refractivity contribution in [2.75, 3.05) is 42.8 Å². The van der Waals surface area contributed by atoms with Gasteiger partial charge < -0.3 is 35.1 Å². The number of ether oxygens (including phenoxy) is 3. The van der Waals surface area contributed by atoms with E-state index < -0.39 is 0 Å². The molecule has 0 bridgehead atoms. The summed E-state index contributed by atoms with van der Waals surface area (Å²) in [7, 11) is 3.16. The Kier molecular flexibility index (Phi) is 9.52. The minimum Gasteiger partial charge on any atom is -0.493 e. The fourth-order valence-electron chi connectivity index (χ4n) is 6.03. The number of anilines is 3. The molecular formula is C36H39N5O5. The van der Waals surface area contributed by atoms with Gasteiger partial charge in [-0.05, 0) is 80.6 Å². The minimum atomic E-state index is -0.366. The Morgan fingerprint density at radius 2 is 1.67 bits per heavy atom. The molecule has 1 aliphatic carbocycles. The Morgan fingerprint density at radius 3 is 2.46 bits per heavy atom. The lowest BCUT2D eigenvalue weighted by Crippen LogP contribution is -2.49. The summed E-state index contributed by atoms with van der Waals surface area (Å²) in [5, 5.41) is 9.83. The van der Waals surface area contributed by atoms with E-state index in [0.29, 0.717) is 39.9 Å². The van der Waals surface area contributed by atoms with Gasteiger partial charge in [0, 0.05) is 65.8 Å². The summed E-state index contributed by atoms with van der Waals surface area (Å²) in [6, 6.07) is 20.2. The number of hydrogen-bond donors (Lipinski definition) is 3. The number of urea groups is 1. The number of fused-ring (bicyclic) bond motifs is 1. The van der Waals surface area contributed by atoms with Gasteiger partial charge in [0.15, 0.2) is 11.5 Å². The monoisotopic (exact) mass is 621 g/mol. The number of nitrogens with one attached hydrogen (secondary N) is 3. The van der Waals surface area contributed by atoms with Crippen molar-refractivity contribution in [3.05, 3.63) is 85.1 Å². The molecule has 3 amide bonds. The number of methoxy groups -OCH3 is 2. The molecule has 1 fully saturated rings. The number of hydrogen-bond acceptors (Lipinski definition) is 7. The topological polar surface area (TPSA) is 114 Å². The van der Waals surface area contributed by atoms with Crippen LogP contribution in [0.5, 0.6) is 23.0 Å². The quantitative estimate of drug-likeness (QED) is 0.170. The number of nitrogens with zero attached hydrogens (tertiary/aromatic N) is 2. The van der Waals surface area contributed by atoms with Crippen molar-refractivity contribution < 1.29 is 23.8 Å². The highest BCUT2D eigenvalue weighted by atomic mass is 16.5. The van der Waals surface area contributed by atoms with Gasteiger partial charge in [-0.1, -0.05) is 18.2 Å². The van der Waals surface area contributed by atoms with E-state index in [-0.39, 0.29) is 23.9 Å². The van der Waals surface area contributed by atoms with E-state index in [1.54, 1.807) is 44.7 Å². The molecule has 0 spiro atoms. The van der Waals surface area contributed by atoms with Gasteiger partial charge >= 0.3 is 6.03 Å². The standard InChI is InChI=1S/C36H39N5O5/c1-44-33-21-30-31(22-34(33)45-2)37-18-17-32(30)46-29-12-6-10-26(20-29)40-36(43)39-25-13-15-28(16-14-25)41-19-7-11-27(23-41)38-35(42)24-8-4-3-5-9-24/h3-4,6,10,12-18,20-22,24,27H,5,7-9,11,19,23H2,1-2H3,(H,38,42)(H2,39,40,43). The Morgan fingerprint density at radius 1 is 0.870 bits per heavy atom. The predicted molar refractivity (Wildman–Crippen MR) is 180 cm³/mol. The zero-order valence-corrected chi connectivity index (χ0v) is 26.1. The highest BCUT2D eigenvalue weighted by Gasteiger charge is 2.25. The van der Waals surface area contributed by atoms with Crippen molar-refractivity contribution in [1.82, 2.24) is 10.3 Å². The number of piperidine rings is 1. The lowest BCUT2D eigenvalue weighted by Gasteiger charge is -2.35. The van der Waals surface area contributed by atoms with Crippen molar-refractivity contribution in [2.45, 2.75) is 38.1 Å². The Bertz CT molecular complexity index is 1720. The average molecular weight is 622 g/mol. The number of pyridine rings is 1. The number of rotatable bonds is 9. The van der Waals surface area contributed by atoms with Gasteiger partial charge in [-0.3, -0.25) is 9.78 Å². The molecule has 6 rings (SSSR count). The van der Waals surface area contributed by atoms with E-state index in [0.717, 1.165) is 56.3 Å². The number of amides is 3. The summed E-state index contributed by atoms with van der Waals surface area (Å²) >= 11 is 0. The highest BCUT2D eigenvalue weighted by Crippen LogP contribution is 2.37.